The molecule has 1 heteroatoms. The Hall–Kier alpha value is -0.980. The highest BCUT2D eigenvalue weighted by Crippen LogP contribution is 2.25. The van der Waals surface area contributed by atoms with Crippen LogP contribution in [0.3, 0.4) is 0 Å². The molecular formula is C10H11O. The highest BCUT2D eigenvalue weighted by atomic mass is 16.3. The Kier molecular flexibility index (Phi) is 1.80. The predicted octanol–water partition coefficient (Wildman–Crippen LogP) is 3.04. The Morgan fingerprint density at radius 1 is 1.36 bits per heavy atom. The van der Waals surface area contributed by atoms with Crippen molar-refractivity contribution in [3.63, 3.8) is 0 Å². The summed E-state index contributed by atoms with van der Waals surface area (Å²) in [5.41, 5.74) is 1.27. The maximum absolute atomic E-state index is 5.27. The van der Waals surface area contributed by atoms with Crippen LogP contribution in [0.15, 0.2) is 22.8 Å². The molecule has 0 atom stereocenters. The first kappa shape index (κ1) is 6.71. The van der Waals surface area contributed by atoms with Gasteiger partial charge in [0, 0.05) is 0 Å². The number of furan rings is 1. The molecule has 1 aromatic heterocycles. The molecule has 0 fully saturated rings. The van der Waals surface area contributed by atoms with Crippen LogP contribution in [0.25, 0.3) is 5.57 Å². The fraction of sp³-hybridized carbons (Fsp3) is 0.400. The van der Waals surface area contributed by atoms with Crippen molar-refractivity contribution in [3.05, 3.63) is 30.2 Å². The first-order chi connectivity index (χ1) is 5.47. The molecule has 0 N–H and O–H groups in total. The molecule has 0 aliphatic heterocycles. The number of hydrogen-bond acceptors (Lipinski definition) is 1. The van der Waals surface area contributed by atoms with Gasteiger partial charge in [-0.1, -0.05) is 0 Å². The van der Waals surface area contributed by atoms with Crippen LogP contribution in [0, 0.1) is 6.08 Å². The van der Waals surface area contributed by atoms with Crippen molar-refractivity contribution in [2.24, 2.45) is 0 Å². The van der Waals surface area contributed by atoms with Crippen LogP contribution in [-0.4, -0.2) is 0 Å². The summed E-state index contributed by atoms with van der Waals surface area (Å²) >= 11 is 0. The molecule has 0 saturated carbocycles. The van der Waals surface area contributed by atoms with Crippen molar-refractivity contribution in [1.29, 1.82) is 0 Å². The van der Waals surface area contributed by atoms with E-state index in [4.69, 9.17) is 4.42 Å². The zero-order valence-electron chi connectivity index (χ0n) is 6.47. The van der Waals surface area contributed by atoms with Crippen LogP contribution in [-0.2, 0) is 0 Å². The second-order valence-electron chi connectivity index (χ2n) is 2.84. The lowest BCUT2D eigenvalue weighted by Crippen LogP contribution is -1.89. The maximum Gasteiger partial charge on any atom is 0.130 e. The first-order valence-corrected chi connectivity index (χ1v) is 4.10. The molecular weight excluding hydrogens is 136 g/mol. The number of allylic oxidation sites excluding steroid dienone is 2. The first-order valence-electron chi connectivity index (χ1n) is 4.10. The van der Waals surface area contributed by atoms with Crippen LogP contribution in [0.4, 0.5) is 0 Å². The second kappa shape index (κ2) is 2.95. The highest BCUT2D eigenvalue weighted by Gasteiger charge is 2.07. The summed E-state index contributed by atoms with van der Waals surface area (Å²) in [4.78, 5) is 0. The second-order valence-corrected chi connectivity index (χ2v) is 2.84. The Bertz CT molecular complexity index is 244. The van der Waals surface area contributed by atoms with Gasteiger partial charge in [-0.05, 0) is 49.5 Å². The smallest absolute Gasteiger partial charge is 0.130 e. The van der Waals surface area contributed by atoms with Gasteiger partial charge in [0.2, 0.25) is 0 Å². The Labute approximate surface area is 66.7 Å². The SMILES string of the molecule is [C]1=C(c2ccco2)CCCC1. The molecule has 0 aromatic carbocycles. The molecule has 1 radical (unpaired) electrons. The summed E-state index contributed by atoms with van der Waals surface area (Å²) in [6, 6.07) is 3.94. The van der Waals surface area contributed by atoms with E-state index in [9.17, 15) is 0 Å². The minimum Gasteiger partial charge on any atom is -0.465 e. The van der Waals surface area contributed by atoms with E-state index in [0.29, 0.717) is 0 Å². The normalized spacial score (nSPS) is 18.0. The van der Waals surface area contributed by atoms with Gasteiger partial charge in [-0.25, -0.2) is 0 Å². The molecule has 57 valence electrons. The molecule has 2 rings (SSSR count). The minimum absolute atomic E-state index is 1.00. The minimum atomic E-state index is 1.00. The van der Waals surface area contributed by atoms with Gasteiger partial charge in [-0.3, -0.25) is 0 Å². The van der Waals surface area contributed by atoms with E-state index in [1.165, 1.54) is 18.4 Å². The summed E-state index contributed by atoms with van der Waals surface area (Å²) in [7, 11) is 0. The van der Waals surface area contributed by atoms with E-state index < -0.39 is 0 Å². The van der Waals surface area contributed by atoms with Crippen molar-refractivity contribution in [3.8, 4) is 0 Å². The number of rotatable bonds is 1. The topological polar surface area (TPSA) is 13.1 Å². The van der Waals surface area contributed by atoms with Crippen LogP contribution >= 0.6 is 0 Å². The summed E-state index contributed by atoms with van der Waals surface area (Å²) in [5.74, 6) is 1.00. The molecule has 11 heavy (non-hydrogen) atoms. The van der Waals surface area contributed by atoms with Crippen LogP contribution < -0.4 is 0 Å². The zero-order chi connectivity index (χ0) is 7.52. The van der Waals surface area contributed by atoms with E-state index in [0.717, 1.165) is 18.6 Å². The van der Waals surface area contributed by atoms with Gasteiger partial charge in [0.05, 0.1) is 6.26 Å². The average molecular weight is 147 g/mol. The monoisotopic (exact) mass is 147 g/mol. The van der Waals surface area contributed by atoms with Crippen molar-refractivity contribution >= 4 is 5.57 Å². The van der Waals surface area contributed by atoms with Crippen LogP contribution in [0.2, 0.25) is 0 Å². The van der Waals surface area contributed by atoms with Gasteiger partial charge in [0.1, 0.15) is 5.76 Å². The molecule has 0 bridgehead atoms. The van der Waals surface area contributed by atoms with Gasteiger partial charge in [0.15, 0.2) is 0 Å². The van der Waals surface area contributed by atoms with Gasteiger partial charge in [-0.15, -0.1) is 0 Å². The molecule has 0 saturated heterocycles. The van der Waals surface area contributed by atoms with E-state index in [-0.39, 0.29) is 0 Å². The van der Waals surface area contributed by atoms with Crippen molar-refractivity contribution < 1.29 is 4.42 Å². The Morgan fingerprint density at radius 3 is 3.00 bits per heavy atom. The molecule has 0 spiro atoms. The lowest BCUT2D eigenvalue weighted by molar-refractivity contribution is 0.545. The third kappa shape index (κ3) is 1.37. The maximum atomic E-state index is 5.27. The quantitative estimate of drug-likeness (QED) is 0.595. The van der Waals surface area contributed by atoms with Crippen LogP contribution in [0.1, 0.15) is 31.4 Å². The van der Waals surface area contributed by atoms with Gasteiger partial charge in [-0.2, -0.15) is 0 Å². The Balaban J connectivity index is 2.22. The summed E-state index contributed by atoms with van der Waals surface area (Å²) in [6.45, 7) is 0. The van der Waals surface area contributed by atoms with Gasteiger partial charge >= 0.3 is 0 Å². The van der Waals surface area contributed by atoms with Gasteiger partial charge in [0.25, 0.3) is 0 Å². The largest absolute Gasteiger partial charge is 0.465 e. The standard InChI is InChI=1S/C10H11O/c1-2-5-9(6-3-1)10-7-4-8-11-10/h4,7-8H,1-3,5H2. The lowest BCUT2D eigenvalue weighted by Gasteiger charge is -2.08. The molecule has 1 nitrogen and oxygen atoms in total. The number of hydrogen-bond donors (Lipinski definition) is 0. The molecule has 1 aliphatic carbocycles. The van der Waals surface area contributed by atoms with Crippen molar-refractivity contribution in [2.45, 2.75) is 25.7 Å². The van der Waals surface area contributed by atoms with Crippen LogP contribution in [0.5, 0.6) is 0 Å². The molecule has 0 unspecified atom stereocenters. The van der Waals surface area contributed by atoms with E-state index in [1.807, 2.05) is 12.1 Å². The van der Waals surface area contributed by atoms with Crippen molar-refractivity contribution in [1.82, 2.24) is 0 Å². The summed E-state index contributed by atoms with van der Waals surface area (Å²) < 4.78 is 5.27. The Morgan fingerprint density at radius 2 is 2.36 bits per heavy atom. The fourth-order valence-electron chi connectivity index (χ4n) is 1.42. The third-order valence-electron chi connectivity index (χ3n) is 2.01. The third-order valence-corrected chi connectivity index (χ3v) is 2.01. The average Bonchev–Trinajstić information content (AvgIpc) is 2.58. The molecule has 1 heterocycles. The van der Waals surface area contributed by atoms with E-state index in [1.54, 1.807) is 6.26 Å². The fourth-order valence-corrected chi connectivity index (χ4v) is 1.42. The summed E-state index contributed by atoms with van der Waals surface area (Å²) in [5, 5.41) is 0. The summed E-state index contributed by atoms with van der Waals surface area (Å²) in [6.07, 6.45) is 9.85. The zero-order valence-corrected chi connectivity index (χ0v) is 6.47. The predicted molar refractivity (Wildman–Crippen MR) is 43.8 cm³/mol. The molecule has 0 amide bonds. The van der Waals surface area contributed by atoms with Gasteiger partial charge < -0.3 is 4.42 Å². The van der Waals surface area contributed by atoms with Crippen molar-refractivity contribution in [2.75, 3.05) is 0 Å². The van der Waals surface area contributed by atoms with E-state index >= 15 is 0 Å². The highest BCUT2D eigenvalue weighted by molar-refractivity contribution is 5.59. The molecule has 1 aromatic rings. The van der Waals surface area contributed by atoms with E-state index in [2.05, 4.69) is 6.08 Å². The lowest BCUT2D eigenvalue weighted by atomic mass is 9.98. The molecule has 1 aliphatic rings.